The van der Waals surface area contributed by atoms with Gasteiger partial charge in [-0.1, -0.05) is 42.5 Å². The summed E-state index contributed by atoms with van der Waals surface area (Å²) in [6.07, 6.45) is 0. The average molecular weight is 448 g/mol. The van der Waals surface area contributed by atoms with Gasteiger partial charge in [0, 0.05) is 0 Å². The molecule has 0 unspecified atom stereocenters. The highest BCUT2D eigenvalue weighted by molar-refractivity contribution is 7.91. The minimum atomic E-state index is -4.12. The first-order valence-electron chi connectivity index (χ1n) is 8.97. The van der Waals surface area contributed by atoms with Crippen LogP contribution < -0.4 is 10.0 Å². The molecule has 0 bridgehead atoms. The normalized spacial score (nSPS) is 13.0. The Morgan fingerprint density at radius 1 is 1.07 bits per heavy atom. The molecule has 2 aromatic carbocycles. The monoisotopic (exact) mass is 447 g/mol. The Bertz CT molecular complexity index is 1140. The number of hydrogen-bond donors (Lipinski definition) is 2. The lowest BCUT2D eigenvalue weighted by molar-refractivity contribution is -0.149. The molecule has 0 spiro atoms. The number of nitrogens with one attached hydrogen (secondary N) is 2. The van der Waals surface area contributed by atoms with Crippen LogP contribution in [0.3, 0.4) is 0 Å². The van der Waals surface area contributed by atoms with Crippen LogP contribution in [0.1, 0.15) is 25.5 Å². The molecule has 8 nitrogen and oxygen atoms in total. The molecular formula is C20H21N3O5S2. The fourth-order valence-corrected chi connectivity index (χ4v) is 5.20. The predicted molar refractivity (Wildman–Crippen MR) is 113 cm³/mol. The van der Waals surface area contributed by atoms with Gasteiger partial charge in [-0.15, -0.1) is 11.3 Å². The Morgan fingerprint density at radius 2 is 1.70 bits per heavy atom. The first-order valence-corrected chi connectivity index (χ1v) is 11.3. The van der Waals surface area contributed by atoms with E-state index in [-0.39, 0.29) is 4.34 Å². The van der Waals surface area contributed by atoms with Crippen molar-refractivity contribution < 1.29 is 22.7 Å². The van der Waals surface area contributed by atoms with E-state index in [9.17, 15) is 18.0 Å². The summed E-state index contributed by atoms with van der Waals surface area (Å²) >= 11 is 1.01. The number of rotatable bonds is 7. The molecule has 1 heterocycles. The minimum absolute atomic E-state index is 0.148. The Kier molecular flexibility index (Phi) is 6.20. The molecule has 0 aliphatic carbocycles. The van der Waals surface area contributed by atoms with E-state index in [1.165, 1.54) is 21.0 Å². The van der Waals surface area contributed by atoms with Gasteiger partial charge < -0.3 is 10.1 Å². The molecule has 30 heavy (non-hydrogen) atoms. The Labute approximate surface area is 178 Å². The van der Waals surface area contributed by atoms with Crippen LogP contribution in [-0.2, 0) is 24.3 Å². The van der Waals surface area contributed by atoms with Gasteiger partial charge in [-0.2, -0.15) is 4.72 Å². The maximum absolute atomic E-state index is 13.0. The zero-order valence-corrected chi connectivity index (χ0v) is 18.2. The predicted octanol–water partition coefficient (Wildman–Crippen LogP) is 2.38. The average Bonchev–Trinajstić information content (AvgIpc) is 3.17. The van der Waals surface area contributed by atoms with Crippen LogP contribution in [0.15, 0.2) is 58.9 Å². The van der Waals surface area contributed by atoms with E-state index in [4.69, 9.17) is 4.74 Å². The number of para-hydroxylation sites is 1. The van der Waals surface area contributed by atoms with Crippen LogP contribution in [-0.4, -0.2) is 37.9 Å². The molecule has 0 aliphatic heterocycles. The standard InChI is InChI=1S/C20H21N3O5S2/c1-20(2,18(25)28-3)22-17(24)16(13-9-5-4-6-10-13)23-30(26,27)19-21-14-11-7-8-12-15(14)29-19/h4-12,16,23H,1-3H3,(H,22,24)/t16-/m0/s1. The molecular weight excluding hydrogens is 426 g/mol. The second kappa shape index (κ2) is 8.50. The third kappa shape index (κ3) is 4.66. The second-order valence-electron chi connectivity index (χ2n) is 7.02. The molecule has 10 heteroatoms. The van der Waals surface area contributed by atoms with E-state index < -0.39 is 33.5 Å². The number of methoxy groups -OCH3 is 1. The molecule has 2 N–H and O–H groups in total. The number of carbonyl (C=O) groups excluding carboxylic acids is 2. The van der Waals surface area contributed by atoms with Crippen LogP contribution in [0, 0.1) is 0 Å². The molecule has 0 saturated carbocycles. The number of thiazole rings is 1. The summed E-state index contributed by atoms with van der Waals surface area (Å²) in [5.74, 6) is -1.35. The van der Waals surface area contributed by atoms with Gasteiger partial charge in [0.05, 0.1) is 17.3 Å². The van der Waals surface area contributed by atoms with Crippen LogP contribution in [0.25, 0.3) is 10.2 Å². The number of nitrogens with zero attached hydrogens (tertiary/aromatic N) is 1. The molecule has 0 fully saturated rings. The molecule has 0 radical (unpaired) electrons. The maximum atomic E-state index is 13.0. The van der Waals surface area contributed by atoms with Crippen molar-refractivity contribution in [3.05, 3.63) is 60.2 Å². The van der Waals surface area contributed by atoms with Gasteiger partial charge in [0.25, 0.3) is 10.0 Å². The van der Waals surface area contributed by atoms with E-state index >= 15 is 0 Å². The highest BCUT2D eigenvalue weighted by atomic mass is 32.2. The first-order chi connectivity index (χ1) is 14.1. The van der Waals surface area contributed by atoms with E-state index in [0.29, 0.717) is 15.8 Å². The van der Waals surface area contributed by atoms with Crippen molar-refractivity contribution in [1.82, 2.24) is 15.0 Å². The number of carbonyl (C=O) groups is 2. The van der Waals surface area contributed by atoms with Gasteiger partial charge in [-0.3, -0.25) is 4.79 Å². The summed E-state index contributed by atoms with van der Waals surface area (Å²) in [6, 6.07) is 14.1. The fraction of sp³-hybridized carbons (Fsp3) is 0.250. The van der Waals surface area contributed by atoms with E-state index in [1.807, 2.05) is 0 Å². The number of esters is 1. The zero-order valence-electron chi connectivity index (χ0n) is 16.6. The van der Waals surface area contributed by atoms with Crippen LogP contribution in [0.2, 0.25) is 0 Å². The molecule has 1 aromatic heterocycles. The third-order valence-corrected chi connectivity index (χ3v) is 7.14. The SMILES string of the molecule is COC(=O)C(C)(C)NC(=O)[C@@H](NS(=O)(=O)c1nc2ccccc2s1)c1ccccc1. The van der Waals surface area contributed by atoms with E-state index in [0.717, 1.165) is 11.3 Å². The lowest BCUT2D eigenvalue weighted by atomic mass is 10.0. The van der Waals surface area contributed by atoms with E-state index in [1.54, 1.807) is 54.6 Å². The second-order valence-corrected chi connectivity index (χ2v) is 9.94. The number of aromatic nitrogens is 1. The summed E-state index contributed by atoms with van der Waals surface area (Å²) in [7, 11) is -2.91. The van der Waals surface area contributed by atoms with Gasteiger partial charge in [-0.05, 0) is 31.5 Å². The topological polar surface area (TPSA) is 114 Å². The third-order valence-electron chi connectivity index (χ3n) is 4.30. The van der Waals surface area contributed by atoms with Crippen LogP contribution in [0.4, 0.5) is 0 Å². The van der Waals surface area contributed by atoms with Gasteiger partial charge >= 0.3 is 5.97 Å². The molecule has 0 saturated heterocycles. The highest BCUT2D eigenvalue weighted by Crippen LogP contribution is 2.26. The van der Waals surface area contributed by atoms with Crippen molar-refractivity contribution in [1.29, 1.82) is 0 Å². The van der Waals surface area contributed by atoms with E-state index in [2.05, 4.69) is 15.0 Å². The zero-order chi connectivity index (χ0) is 21.9. The van der Waals surface area contributed by atoms with Crippen molar-refractivity contribution in [3.63, 3.8) is 0 Å². The molecule has 0 aliphatic rings. The summed E-state index contributed by atoms with van der Waals surface area (Å²) in [6.45, 7) is 2.95. The lowest BCUT2D eigenvalue weighted by Crippen LogP contribution is -2.53. The first kappa shape index (κ1) is 21.9. The largest absolute Gasteiger partial charge is 0.467 e. The molecule has 158 valence electrons. The number of ether oxygens (including phenoxy) is 1. The summed E-state index contributed by atoms with van der Waals surface area (Å²) in [5.41, 5.74) is -0.379. The molecule has 1 amide bonds. The fourth-order valence-electron chi connectivity index (χ4n) is 2.78. The van der Waals surface area contributed by atoms with Crippen LogP contribution >= 0.6 is 11.3 Å². The smallest absolute Gasteiger partial charge is 0.330 e. The Hall–Kier alpha value is -2.82. The summed E-state index contributed by atoms with van der Waals surface area (Å²) < 4.78 is 33.7. The molecule has 3 aromatic rings. The van der Waals surface area contributed by atoms with Crippen molar-refractivity contribution in [2.24, 2.45) is 0 Å². The number of benzene rings is 2. The Balaban J connectivity index is 1.94. The van der Waals surface area contributed by atoms with Gasteiger partial charge in [-0.25, -0.2) is 18.2 Å². The number of fused-ring (bicyclic) bond motifs is 1. The number of sulfonamides is 1. The van der Waals surface area contributed by atoms with Crippen LogP contribution in [0.5, 0.6) is 0 Å². The van der Waals surface area contributed by atoms with Crippen molar-refractivity contribution >= 4 is 43.5 Å². The van der Waals surface area contributed by atoms with Gasteiger partial charge in [0.15, 0.2) is 0 Å². The van der Waals surface area contributed by atoms with Crippen molar-refractivity contribution in [2.75, 3.05) is 7.11 Å². The summed E-state index contributed by atoms with van der Waals surface area (Å²) in [5, 5.41) is 2.55. The highest BCUT2D eigenvalue weighted by Gasteiger charge is 2.36. The minimum Gasteiger partial charge on any atom is -0.467 e. The number of amides is 1. The van der Waals surface area contributed by atoms with Gasteiger partial charge in [0.2, 0.25) is 10.2 Å². The van der Waals surface area contributed by atoms with Gasteiger partial charge in [0.1, 0.15) is 11.6 Å². The number of hydrogen-bond acceptors (Lipinski definition) is 7. The lowest BCUT2D eigenvalue weighted by Gasteiger charge is -2.26. The van der Waals surface area contributed by atoms with Crippen molar-refractivity contribution in [2.45, 2.75) is 29.8 Å². The maximum Gasteiger partial charge on any atom is 0.330 e. The molecule has 3 rings (SSSR count). The quantitative estimate of drug-likeness (QED) is 0.538. The molecule has 1 atom stereocenters. The summed E-state index contributed by atoms with van der Waals surface area (Å²) in [4.78, 5) is 29.1. The Morgan fingerprint density at radius 3 is 2.33 bits per heavy atom. The van der Waals surface area contributed by atoms with Crippen molar-refractivity contribution in [3.8, 4) is 0 Å².